The molecule has 1 aromatic rings. The molecule has 0 bridgehead atoms. The molecule has 1 atom stereocenters. The molecule has 0 aliphatic rings. The van der Waals surface area contributed by atoms with E-state index in [4.69, 9.17) is 28.5 Å². The molecule has 0 radical (unpaired) electrons. The topological polar surface area (TPSA) is 36.7 Å². The highest BCUT2D eigenvalue weighted by Crippen LogP contribution is 2.29. The summed E-state index contributed by atoms with van der Waals surface area (Å²) < 4.78 is 13.4. The maximum atomic E-state index is 13.4. The second-order valence-corrected chi connectivity index (χ2v) is 3.43. The fraction of sp³-hybridized carbons (Fsp3) is 0.333. The summed E-state index contributed by atoms with van der Waals surface area (Å²) in [4.78, 5) is 3.66. The summed E-state index contributed by atoms with van der Waals surface area (Å²) in [5.74, 6) is 0. The normalized spacial score (nSPS) is 12.2. The Bertz CT molecular complexity index is 387. The lowest BCUT2D eigenvalue weighted by Gasteiger charge is -2.08. The highest BCUT2D eigenvalue weighted by molar-refractivity contribution is 6.33. The molecule has 1 rings (SSSR count). The summed E-state index contributed by atoms with van der Waals surface area (Å²) in [6, 6.07) is 3.15. The van der Waals surface area contributed by atoms with Gasteiger partial charge in [0.2, 0.25) is 0 Å². The molecule has 0 aromatic carbocycles. The molecular formula is C9H7Cl2FN2. The van der Waals surface area contributed by atoms with E-state index in [-0.39, 0.29) is 27.9 Å². The summed E-state index contributed by atoms with van der Waals surface area (Å²) in [7, 11) is 0. The van der Waals surface area contributed by atoms with Crippen LogP contribution in [-0.4, -0.2) is 4.98 Å². The molecular weight excluding hydrogens is 226 g/mol. The van der Waals surface area contributed by atoms with Crippen LogP contribution in [0.15, 0.2) is 6.07 Å². The summed E-state index contributed by atoms with van der Waals surface area (Å²) >= 11 is 11.3. The van der Waals surface area contributed by atoms with E-state index in [0.717, 1.165) is 0 Å². The largest absolute Gasteiger partial charge is 0.242 e. The molecule has 0 saturated heterocycles. The quantitative estimate of drug-likeness (QED) is 0.730. The Balaban J connectivity index is 3.34. The fourth-order valence-corrected chi connectivity index (χ4v) is 1.57. The maximum absolute atomic E-state index is 13.4. The van der Waals surface area contributed by atoms with Gasteiger partial charge in [-0.1, -0.05) is 30.1 Å². The van der Waals surface area contributed by atoms with Crippen LogP contribution in [0, 0.1) is 11.3 Å². The summed E-state index contributed by atoms with van der Waals surface area (Å²) in [6.45, 7) is 1.67. The molecule has 0 saturated carbocycles. The Hall–Kier alpha value is -0.850. The van der Waals surface area contributed by atoms with Gasteiger partial charge in [-0.25, -0.2) is 9.37 Å². The number of nitriles is 1. The number of nitrogens with zero attached hydrogens (tertiary/aromatic N) is 2. The van der Waals surface area contributed by atoms with Crippen LogP contribution in [0.1, 0.15) is 30.6 Å². The highest BCUT2D eigenvalue weighted by atomic mass is 35.5. The van der Waals surface area contributed by atoms with Gasteiger partial charge in [0, 0.05) is 5.56 Å². The van der Waals surface area contributed by atoms with Crippen molar-refractivity contribution in [2.75, 3.05) is 0 Å². The van der Waals surface area contributed by atoms with E-state index >= 15 is 0 Å². The van der Waals surface area contributed by atoms with Crippen LogP contribution in [0.2, 0.25) is 10.3 Å². The molecule has 1 unspecified atom stereocenters. The number of halogens is 3. The molecule has 0 fully saturated rings. The van der Waals surface area contributed by atoms with E-state index in [2.05, 4.69) is 4.98 Å². The van der Waals surface area contributed by atoms with Gasteiger partial charge in [-0.3, -0.25) is 0 Å². The third-order valence-electron chi connectivity index (χ3n) is 1.78. The SMILES string of the molecule is CCC(F)c1cc(Cl)nc(Cl)c1C#N. The van der Waals surface area contributed by atoms with Gasteiger partial charge < -0.3 is 0 Å². The van der Waals surface area contributed by atoms with Crippen LogP contribution in [0.5, 0.6) is 0 Å². The standard InChI is InChI=1S/C9H7Cl2FN2/c1-2-7(12)5-3-8(10)14-9(11)6(5)4-13/h3,7H,2H2,1H3. The van der Waals surface area contributed by atoms with Crippen molar-refractivity contribution >= 4 is 23.2 Å². The van der Waals surface area contributed by atoms with Crippen molar-refractivity contribution in [1.29, 1.82) is 5.26 Å². The first kappa shape index (κ1) is 11.2. The summed E-state index contributed by atoms with van der Waals surface area (Å²) in [5.41, 5.74) is 0.269. The average Bonchev–Trinajstić information content (AvgIpc) is 2.15. The van der Waals surface area contributed by atoms with Gasteiger partial charge in [-0.05, 0) is 12.5 Å². The molecule has 0 spiro atoms. The predicted octanol–water partition coefficient (Wildman–Crippen LogP) is 3.68. The van der Waals surface area contributed by atoms with Crippen LogP contribution < -0.4 is 0 Å². The van der Waals surface area contributed by atoms with Crippen molar-refractivity contribution in [2.24, 2.45) is 0 Å². The van der Waals surface area contributed by atoms with Crippen molar-refractivity contribution in [3.8, 4) is 6.07 Å². The van der Waals surface area contributed by atoms with Gasteiger partial charge in [-0.2, -0.15) is 5.26 Å². The number of rotatable bonds is 2. The van der Waals surface area contributed by atoms with Crippen molar-refractivity contribution in [2.45, 2.75) is 19.5 Å². The lowest BCUT2D eigenvalue weighted by Crippen LogP contribution is -1.97. The molecule has 1 heterocycles. The third kappa shape index (κ3) is 2.14. The average molecular weight is 233 g/mol. The Morgan fingerprint density at radius 3 is 2.79 bits per heavy atom. The monoisotopic (exact) mass is 232 g/mol. The zero-order chi connectivity index (χ0) is 10.7. The summed E-state index contributed by atoms with van der Waals surface area (Å²) in [6.07, 6.45) is -0.964. The van der Waals surface area contributed by atoms with Crippen molar-refractivity contribution < 1.29 is 4.39 Å². The smallest absolute Gasteiger partial charge is 0.148 e. The second-order valence-electron chi connectivity index (χ2n) is 2.69. The Kier molecular flexibility index (Phi) is 3.68. The fourth-order valence-electron chi connectivity index (χ4n) is 1.08. The zero-order valence-electron chi connectivity index (χ0n) is 7.39. The first-order chi connectivity index (χ1) is 6.60. The molecule has 0 aliphatic carbocycles. The van der Waals surface area contributed by atoms with E-state index < -0.39 is 6.17 Å². The van der Waals surface area contributed by atoms with E-state index in [9.17, 15) is 4.39 Å². The van der Waals surface area contributed by atoms with Gasteiger partial charge in [0.25, 0.3) is 0 Å². The van der Waals surface area contributed by atoms with Crippen LogP contribution in [0.4, 0.5) is 4.39 Å². The van der Waals surface area contributed by atoms with Crippen LogP contribution in [-0.2, 0) is 0 Å². The number of hydrogen-bond acceptors (Lipinski definition) is 2. The highest BCUT2D eigenvalue weighted by Gasteiger charge is 2.17. The van der Waals surface area contributed by atoms with E-state index in [1.165, 1.54) is 6.07 Å². The Labute approximate surface area is 91.3 Å². The van der Waals surface area contributed by atoms with E-state index in [1.807, 2.05) is 6.07 Å². The molecule has 14 heavy (non-hydrogen) atoms. The minimum absolute atomic E-state index is 0.0499. The molecule has 0 amide bonds. The number of aromatic nitrogens is 1. The van der Waals surface area contributed by atoms with Gasteiger partial charge >= 0.3 is 0 Å². The minimum Gasteiger partial charge on any atom is -0.242 e. The van der Waals surface area contributed by atoms with E-state index in [1.54, 1.807) is 6.92 Å². The number of alkyl halides is 1. The first-order valence-corrected chi connectivity index (χ1v) is 4.75. The van der Waals surface area contributed by atoms with E-state index in [0.29, 0.717) is 0 Å². The van der Waals surface area contributed by atoms with Gasteiger partial charge in [0.1, 0.15) is 22.5 Å². The first-order valence-electron chi connectivity index (χ1n) is 4.00. The third-order valence-corrected chi connectivity index (χ3v) is 2.25. The Morgan fingerprint density at radius 1 is 1.64 bits per heavy atom. The van der Waals surface area contributed by atoms with Crippen molar-refractivity contribution in [1.82, 2.24) is 4.98 Å². The maximum Gasteiger partial charge on any atom is 0.148 e. The lowest BCUT2D eigenvalue weighted by atomic mass is 10.1. The Morgan fingerprint density at radius 2 is 2.29 bits per heavy atom. The van der Waals surface area contributed by atoms with Gasteiger partial charge in [0.15, 0.2) is 0 Å². The van der Waals surface area contributed by atoms with Gasteiger partial charge in [-0.15, -0.1) is 0 Å². The lowest BCUT2D eigenvalue weighted by molar-refractivity contribution is 0.334. The van der Waals surface area contributed by atoms with Crippen LogP contribution in [0.25, 0.3) is 0 Å². The molecule has 0 aliphatic heterocycles. The van der Waals surface area contributed by atoms with Crippen molar-refractivity contribution in [3.05, 3.63) is 27.5 Å². The minimum atomic E-state index is -1.23. The number of hydrogen-bond donors (Lipinski definition) is 0. The molecule has 1 aromatic heterocycles. The molecule has 74 valence electrons. The number of pyridine rings is 1. The molecule has 2 nitrogen and oxygen atoms in total. The molecule has 5 heteroatoms. The van der Waals surface area contributed by atoms with Crippen molar-refractivity contribution in [3.63, 3.8) is 0 Å². The second kappa shape index (κ2) is 4.59. The zero-order valence-corrected chi connectivity index (χ0v) is 8.90. The van der Waals surface area contributed by atoms with Crippen LogP contribution in [0.3, 0.4) is 0 Å². The predicted molar refractivity (Wildman–Crippen MR) is 53.1 cm³/mol. The van der Waals surface area contributed by atoms with Crippen LogP contribution >= 0.6 is 23.2 Å². The summed E-state index contributed by atoms with van der Waals surface area (Å²) in [5, 5.41) is 8.80. The van der Waals surface area contributed by atoms with Gasteiger partial charge in [0.05, 0.1) is 5.56 Å². The molecule has 0 N–H and O–H groups in total.